The molecule has 0 amide bonds. The maximum Gasteiger partial charge on any atom is 0.269 e. The van der Waals surface area contributed by atoms with Crippen LogP contribution in [0, 0.1) is 10.1 Å². The number of halogens is 1. The van der Waals surface area contributed by atoms with Crippen LogP contribution < -0.4 is 0 Å². The minimum atomic E-state index is -0.398. The first-order chi connectivity index (χ1) is 8.70. The van der Waals surface area contributed by atoms with Crippen molar-refractivity contribution in [3.8, 4) is 0 Å². The van der Waals surface area contributed by atoms with Gasteiger partial charge in [0.15, 0.2) is 0 Å². The Bertz CT molecular complexity index is 537. The number of hydrogen-bond acceptors (Lipinski definition) is 3. The van der Waals surface area contributed by atoms with Gasteiger partial charge in [0.25, 0.3) is 5.69 Å². The van der Waals surface area contributed by atoms with Gasteiger partial charge in [0.05, 0.1) is 10.8 Å². The van der Waals surface area contributed by atoms with Gasteiger partial charge in [0.2, 0.25) is 0 Å². The molecule has 1 heterocycles. The molecular weight excluding hydrogens is 254 g/mol. The first-order valence-electron chi connectivity index (χ1n) is 5.50. The number of hydrogen-bond donors (Lipinski definition) is 0. The molecule has 0 saturated heterocycles. The highest BCUT2D eigenvalue weighted by Gasteiger charge is 2.05. The minimum absolute atomic E-state index is 0.114. The van der Waals surface area contributed by atoms with Crippen molar-refractivity contribution in [2.75, 3.05) is 0 Å². The second kappa shape index (κ2) is 5.64. The Morgan fingerprint density at radius 1 is 1.33 bits per heavy atom. The number of benzene rings is 1. The van der Waals surface area contributed by atoms with Crippen LogP contribution in [0.4, 0.5) is 5.69 Å². The number of nitro groups is 1. The summed E-state index contributed by atoms with van der Waals surface area (Å²) in [6.45, 7) is 0.764. The lowest BCUT2D eigenvalue weighted by atomic mass is 10.1. The fourth-order valence-corrected chi connectivity index (χ4v) is 1.93. The number of aromatic nitrogens is 2. The molecule has 2 aromatic rings. The van der Waals surface area contributed by atoms with Gasteiger partial charge < -0.3 is 4.57 Å². The van der Waals surface area contributed by atoms with Gasteiger partial charge in [-0.25, -0.2) is 4.98 Å². The Kier molecular flexibility index (Phi) is 3.94. The summed E-state index contributed by atoms with van der Waals surface area (Å²) in [4.78, 5) is 14.2. The topological polar surface area (TPSA) is 61.0 Å². The van der Waals surface area contributed by atoms with Crippen LogP contribution >= 0.6 is 11.6 Å². The second-order valence-corrected chi connectivity index (χ2v) is 4.11. The van der Waals surface area contributed by atoms with E-state index in [-0.39, 0.29) is 5.69 Å². The van der Waals surface area contributed by atoms with Crippen LogP contribution in [-0.4, -0.2) is 14.5 Å². The zero-order chi connectivity index (χ0) is 13.0. The largest absolute Gasteiger partial charge is 0.334 e. The highest BCUT2D eigenvalue weighted by molar-refractivity contribution is 6.16. The summed E-state index contributed by atoms with van der Waals surface area (Å²) >= 11 is 5.75. The van der Waals surface area contributed by atoms with Crippen molar-refractivity contribution in [2.45, 2.75) is 18.8 Å². The van der Waals surface area contributed by atoms with Gasteiger partial charge in [-0.15, -0.1) is 11.6 Å². The third-order valence-electron chi connectivity index (χ3n) is 2.71. The average molecular weight is 266 g/mol. The average Bonchev–Trinajstić information content (AvgIpc) is 2.84. The summed E-state index contributed by atoms with van der Waals surface area (Å²) in [5.74, 6) is 1.21. The number of rotatable bonds is 5. The minimum Gasteiger partial charge on any atom is -0.334 e. The molecule has 6 heteroatoms. The number of non-ortho nitro benzene ring substituents is 1. The molecule has 0 bridgehead atoms. The van der Waals surface area contributed by atoms with Gasteiger partial charge in [-0.3, -0.25) is 10.1 Å². The third-order valence-corrected chi connectivity index (χ3v) is 2.95. The molecule has 5 nitrogen and oxygen atoms in total. The van der Waals surface area contributed by atoms with E-state index in [0.29, 0.717) is 5.88 Å². The fourth-order valence-electron chi connectivity index (χ4n) is 1.71. The lowest BCUT2D eigenvalue weighted by Gasteiger charge is -2.05. The van der Waals surface area contributed by atoms with Crippen LogP contribution in [0.5, 0.6) is 0 Å². The molecule has 18 heavy (non-hydrogen) atoms. The second-order valence-electron chi connectivity index (χ2n) is 3.84. The predicted octanol–water partition coefficient (Wildman–Crippen LogP) is 2.77. The summed E-state index contributed by atoms with van der Waals surface area (Å²) in [5, 5.41) is 10.5. The van der Waals surface area contributed by atoms with Crippen molar-refractivity contribution in [1.82, 2.24) is 9.55 Å². The fraction of sp³-hybridized carbons (Fsp3) is 0.250. The standard InChI is InChI=1S/C12H12ClN3O2/c13-9-12-14-6-8-15(12)7-5-10-1-3-11(4-2-10)16(17)18/h1-4,6,8H,5,7,9H2. The maximum absolute atomic E-state index is 10.5. The van der Waals surface area contributed by atoms with E-state index in [2.05, 4.69) is 4.98 Å². The van der Waals surface area contributed by atoms with Crippen molar-refractivity contribution in [3.05, 3.63) is 58.2 Å². The van der Waals surface area contributed by atoms with E-state index in [1.807, 2.05) is 10.8 Å². The number of aryl methyl sites for hydroxylation is 2. The van der Waals surface area contributed by atoms with Crippen molar-refractivity contribution in [1.29, 1.82) is 0 Å². The van der Waals surface area contributed by atoms with Crippen molar-refractivity contribution < 1.29 is 4.92 Å². The van der Waals surface area contributed by atoms with Crippen LogP contribution in [0.25, 0.3) is 0 Å². The first-order valence-corrected chi connectivity index (χ1v) is 6.03. The molecule has 0 spiro atoms. The Balaban J connectivity index is 2.00. The highest BCUT2D eigenvalue weighted by atomic mass is 35.5. The lowest BCUT2D eigenvalue weighted by molar-refractivity contribution is -0.384. The quantitative estimate of drug-likeness (QED) is 0.474. The summed E-state index contributed by atoms with van der Waals surface area (Å²) in [5.41, 5.74) is 1.16. The van der Waals surface area contributed by atoms with E-state index in [1.54, 1.807) is 18.3 Å². The highest BCUT2D eigenvalue weighted by Crippen LogP contribution is 2.13. The maximum atomic E-state index is 10.5. The molecule has 0 aliphatic heterocycles. The van der Waals surface area contributed by atoms with Crippen LogP contribution in [0.2, 0.25) is 0 Å². The molecular formula is C12H12ClN3O2. The van der Waals surface area contributed by atoms with Gasteiger partial charge >= 0.3 is 0 Å². The number of imidazole rings is 1. The van der Waals surface area contributed by atoms with Crippen LogP contribution in [-0.2, 0) is 18.8 Å². The van der Waals surface area contributed by atoms with Gasteiger partial charge in [0, 0.05) is 31.1 Å². The van der Waals surface area contributed by atoms with E-state index in [4.69, 9.17) is 11.6 Å². The summed E-state index contributed by atoms with van der Waals surface area (Å²) < 4.78 is 1.98. The number of nitro benzene ring substituents is 1. The SMILES string of the molecule is O=[N+]([O-])c1ccc(CCn2ccnc2CCl)cc1. The van der Waals surface area contributed by atoms with Crippen molar-refractivity contribution >= 4 is 17.3 Å². The molecule has 0 aliphatic carbocycles. The van der Waals surface area contributed by atoms with Crippen LogP contribution in [0.1, 0.15) is 11.4 Å². The molecule has 2 rings (SSSR count). The third kappa shape index (κ3) is 2.87. The first kappa shape index (κ1) is 12.6. The molecule has 94 valence electrons. The molecule has 0 atom stereocenters. The molecule has 1 aromatic carbocycles. The summed E-state index contributed by atoms with van der Waals surface area (Å²) in [6, 6.07) is 6.59. The normalized spacial score (nSPS) is 10.5. The Hall–Kier alpha value is -1.88. The number of nitrogens with zero attached hydrogens (tertiary/aromatic N) is 3. The molecule has 0 radical (unpaired) electrons. The molecule has 0 unspecified atom stereocenters. The van der Waals surface area contributed by atoms with Crippen LogP contribution in [0.3, 0.4) is 0 Å². The van der Waals surface area contributed by atoms with Crippen molar-refractivity contribution in [3.63, 3.8) is 0 Å². The van der Waals surface area contributed by atoms with Crippen LogP contribution in [0.15, 0.2) is 36.7 Å². The van der Waals surface area contributed by atoms with E-state index >= 15 is 0 Å². The smallest absolute Gasteiger partial charge is 0.269 e. The molecule has 0 saturated carbocycles. The number of alkyl halides is 1. The molecule has 1 aromatic heterocycles. The predicted molar refractivity (Wildman–Crippen MR) is 68.6 cm³/mol. The van der Waals surface area contributed by atoms with Gasteiger partial charge in [0.1, 0.15) is 5.82 Å². The van der Waals surface area contributed by atoms with E-state index in [9.17, 15) is 10.1 Å². The molecule has 0 fully saturated rings. The zero-order valence-corrected chi connectivity index (χ0v) is 10.4. The lowest BCUT2D eigenvalue weighted by Crippen LogP contribution is -2.04. The monoisotopic (exact) mass is 265 g/mol. The summed E-state index contributed by atoms with van der Waals surface area (Å²) in [6.07, 6.45) is 4.38. The Labute approximate surface area is 109 Å². The zero-order valence-electron chi connectivity index (χ0n) is 9.62. The van der Waals surface area contributed by atoms with Gasteiger partial charge in [-0.1, -0.05) is 12.1 Å². The van der Waals surface area contributed by atoms with Crippen molar-refractivity contribution in [2.24, 2.45) is 0 Å². The van der Waals surface area contributed by atoms with E-state index < -0.39 is 4.92 Å². The molecule has 0 N–H and O–H groups in total. The molecule has 0 aliphatic rings. The van der Waals surface area contributed by atoms with E-state index in [1.165, 1.54) is 12.1 Å². The Morgan fingerprint density at radius 2 is 2.06 bits per heavy atom. The summed E-state index contributed by atoms with van der Waals surface area (Å²) in [7, 11) is 0. The van der Waals surface area contributed by atoms with Gasteiger partial charge in [-0.2, -0.15) is 0 Å². The Morgan fingerprint density at radius 3 is 2.67 bits per heavy atom. The van der Waals surface area contributed by atoms with Gasteiger partial charge in [-0.05, 0) is 12.0 Å². The van der Waals surface area contributed by atoms with E-state index in [0.717, 1.165) is 24.4 Å².